The van der Waals surface area contributed by atoms with Gasteiger partial charge >= 0.3 is 0 Å². The zero-order valence-electron chi connectivity index (χ0n) is 10.4. The Balaban J connectivity index is 2.05. The van der Waals surface area contributed by atoms with Gasteiger partial charge in [-0.3, -0.25) is 0 Å². The summed E-state index contributed by atoms with van der Waals surface area (Å²) in [6.07, 6.45) is 2.26. The molecule has 0 bridgehead atoms. The molecule has 0 saturated heterocycles. The number of hydrogen-bond donors (Lipinski definition) is 1. The van der Waals surface area contributed by atoms with E-state index in [0.29, 0.717) is 17.7 Å². The first-order valence-electron chi connectivity index (χ1n) is 6.18. The van der Waals surface area contributed by atoms with Crippen LogP contribution < -0.4 is 10.1 Å². The Labute approximate surface area is 118 Å². The highest BCUT2D eigenvalue weighted by Crippen LogP contribution is 2.33. The van der Waals surface area contributed by atoms with Crippen molar-refractivity contribution >= 4 is 23.2 Å². The van der Waals surface area contributed by atoms with Gasteiger partial charge < -0.3 is 10.1 Å². The molecule has 4 heteroatoms. The second-order valence-electron chi connectivity index (χ2n) is 4.35. The van der Waals surface area contributed by atoms with E-state index in [0.717, 1.165) is 25.1 Å². The van der Waals surface area contributed by atoms with Crippen molar-refractivity contribution in [1.29, 1.82) is 0 Å². The fourth-order valence-electron chi connectivity index (χ4n) is 2.33. The fourth-order valence-corrected chi connectivity index (χ4v) is 2.44. The summed E-state index contributed by atoms with van der Waals surface area (Å²) in [5, 5.41) is 3.99. The molecule has 0 aromatic heterocycles. The van der Waals surface area contributed by atoms with Gasteiger partial charge in [-0.15, -0.1) is 0 Å². The molecular weight excluding hydrogens is 269 g/mol. The number of ether oxygens (including phenoxy) is 1. The summed E-state index contributed by atoms with van der Waals surface area (Å²) in [6.45, 7) is 3.45. The Morgan fingerprint density at radius 3 is 3.11 bits per heavy atom. The molecule has 1 unspecified atom stereocenters. The van der Waals surface area contributed by atoms with Crippen molar-refractivity contribution in [2.45, 2.75) is 25.8 Å². The van der Waals surface area contributed by atoms with E-state index in [4.69, 9.17) is 27.9 Å². The molecular formula is C14H17Cl2NO. The molecule has 0 radical (unpaired) electrons. The van der Waals surface area contributed by atoms with Gasteiger partial charge in [0.2, 0.25) is 0 Å². The van der Waals surface area contributed by atoms with Gasteiger partial charge in [0, 0.05) is 11.6 Å². The van der Waals surface area contributed by atoms with E-state index in [2.05, 4.69) is 24.4 Å². The van der Waals surface area contributed by atoms with Crippen LogP contribution >= 0.6 is 23.2 Å². The molecule has 2 rings (SSSR count). The lowest BCUT2D eigenvalue weighted by atomic mass is 10.1. The predicted octanol–water partition coefficient (Wildman–Crippen LogP) is 3.98. The Bertz CT molecular complexity index is 445. The van der Waals surface area contributed by atoms with Gasteiger partial charge in [-0.05, 0) is 42.6 Å². The maximum Gasteiger partial charge on any atom is 0.125 e. The van der Waals surface area contributed by atoms with E-state index >= 15 is 0 Å². The maximum absolute atomic E-state index is 5.79. The molecule has 1 aliphatic rings. The first kappa shape index (κ1) is 13.7. The minimum Gasteiger partial charge on any atom is -0.488 e. The smallest absolute Gasteiger partial charge is 0.125 e. The molecule has 98 valence electrons. The first-order chi connectivity index (χ1) is 8.74. The van der Waals surface area contributed by atoms with Gasteiger partial charge in [-0.1, -0.05) is 36.2 Å². The van der Waals surface area contributed by atoms with Gasteiger partial charge in [0.1, 0.15) is 12.4 Å². The zero-order valence-corrected chi connectivity index (χ0v) is 11.9. The number of fused-ring (bicyclic) bond motifs is 1. The van der Waals surface area contributed by atoms with Crippen LogP contribution in [0.1, 0.15) is 30.5 Å². The van der Waals surface area contributed by atoms with E-state index < -0.39 is 0 Å². The van der Waals surface area contributed by atoms with Crippen LogP contribution in [0, 0.1) is 0 Å². The van der Waals surface area contributed by atoms with Crippen LogP contribution in [0.2, 0.25) is 0 Å². The maximum atomic E-state index is 5.79. The number of rotatable bonds is 5. The van der Waals surface area contributed by atoms with Crippen molar-refractivity contribution in [3.8, 4) is 5.75 Å². The van der Waals surface area contributed by atoms with Crippen LogP contribution in [0.15, 0.2) is 28.8 Å². The Morgan fingerprint density at radius 1 is 1.56 bits per heavy atom. The molecule has 0 spiro atoms. The van der Waals surface area contributed by atoms with Gasteiger partial charge in [0.25, 0.3) is 0 Å². The Hall–Kier alpha value is -0.700. The molecule has 1 aromatic rings. The summed E-state index contributed by atoms with van der Waals surface area (Å²) in [4.78, 5) is 0. The molecule has 18 heavy (non-hydrogen) atoms. The van der Waals surface area contributed by atoms with Crippen LogP contribution in [-0.2, 0) is 6.42 Å². The second-order valence-corrected chi connectivity index (χ2v) is 5.06. The SMILES string of the molecule is CCNC1CCc2cc(OC/C(Cl)=C/Cl)ccc21. The topological polar surface area (TPSA) is 21.3 Å². The summed E-state index contributed by atoms with van der Waals surface area (Å²) in [5.41, 5.74) is 4.09. The summed E-state index contributed by atoms with van der Waals surface area (Å²) < 4.78 is 5.57. The van der Waals surface area contributed by atoms with Crippen LogP contribution in [0.25, 0.3) is 0 Å². The van der Waals surface area contributed by atoms with Crippen molar-refractivity contribution in [2.75, 3.05) is 13.2 Å². The summed E-state index contributed by atoms with van der Waals surface area (Å²) in [5.74, 6) is 0.850. The largest absolute Gasteiger partial charge is 0.488 e. The quantitative estimate of drug-likeness (QED) is 0.884. The van der Waals surface area contributed by atoms with E-state index in [1.165, 1.54) is 16.7 Å². The molecule has 0 fully saturated rings. The summed E-state index contributed by atoms with van der Waals surface area (Å²) in [7, 11) is 0. The molecule has 1 aromatic carbocycles. The average Bonchev–Trinajstić information content (AvgIpc) is 2.79. The lowest BCUT2D eigenvalue weighted by Gasteiger charge is -2.13. The minimum atomic E-state index is 0.320. The van der Waals surface area contributed by atoms with Crippen LogP contribution in [-0.4, -0.2) is 13.2 Å². The fraction of sp³-hybridized carbons (Fsp3) is 0.429. The Kier molecular flexibility index (Phi) is 4.93. The lowest BCUT2D eigenvalue weighted by Crippen LogP contribution is -2.18. The highest BCUT2D eigenvalue weighted by Gasteiger charge is 2.21. The monoisotopic (exact) mass is 285 g/mol. The Morgan fingerprint density at radius 2 is 2.39 bits per heavy atom. The molecule has 0 saturated carbocycles. The third kappa shape index (κ3) is 3.19. The van der Waals surface area contributed by atoms with E-state index in [-0.39, 0.29) is 0 Å². The van der Waals surface area contributed by atoms with Crippen LogP contribution in [0.4, 0.5) is 0 Å². The normalized spacial score (nSPS) is 18.8. The van der Waals surface area contributed by atoms with Gasteiger partial charge in [0.05, 0.1) is 5.03 Å². The molecule has 0 amide bonds. The second kappa shape index (κ2) is 6.46. The summed E-state index contributed by atoms with van der Waals surface area (Å²) >= 11 is 11.3. The third-order valence-electron chi connectivity index (χ3n) is 3.14. The van der Waals surface area contributed by atoms with E-state index in [1.807, 2.05) is 6.07 Å². The number of nitrogens with one attached hydrogen (secondary N) is 1. The first-order valence-corrected chi connectivity index (χ1v) is 6.99. The zero-order chi connectivity index (χ0) is 13.0. The molecule has 1 aliphatic carbocycles. The average molecular weight is 286 g/mol. The number of halogens is 2. The number of hydrogen-bond acceptors (Lipinski definition) is 2. The highest BCUT2D eigenvalue weighted by atomic mass is 35.5. The standard InChI is InChI=1S/C14H17Cl2NO/c1-2-17-14-6-3-10-7-12(4-5-13(10)14)18-9-11(16)8-15/h4-5,7-8,14,17H,2-3,6,9H2,1H3/b11-8-. The summed E-state index contributed by atoms with van der Waals surface area (Å²) in [6, 6.07) is 6.73. The molecule has 0 heterocycles. The molecule has 2 nitrogen and oxygen atoms in total. The van der Waals surface area contributed by atoms with Crippen LogP contribution in [0.5, 0.6) is 5.75 Å². The molecule has 1 atom stereocenters. The number of aryl methyl sites for hydroxylation is 1. The molecule has 0 aliphatic heterocycles. The van der Waals surface area contributed by atoms with Crippen molar-refractivity contribution in [3.05, 3.63) is 39.9 Å². The van der Waals surface area contributed by atoms with Crippen molar-refractivity contribution in [3.63, 3.8) is 0 Å². The van der Waals surface area contributed by atoms with E-state index in [9.17, 15) is 0 Å². The van der Waals surface area contributed by atoms with Crippen molar-refractivity contribution in [1.82, 2.24) is 5.32 Å². The van der Waals surface area contributed by atoms with Crippen LogP contribution in [0.3, 0.4) is 0 Å². The lowest BCUT2D eigenvalue weighted by molar-refractivity contribution is 0.359. The van der Waals surface area contributed by atoms with Gasteiger partial charge in [-0.2, -0.15) is 0 Å². The van der Waals surface area contributed by atoms with Gasteiger partial charge in [0.15, 0.2) is 0 Å². The van der Waals surface area contributed by atoms with Crippen molar-refractivity contribution < 1.29 is 4.74 Å². The predicted molar refractivity (Wildman–Crippen MR) is 76.5 cm³/mol. The number of benzene rings is 1. The third-order valence-corrected chi connectivity index (χ3v) is 3.73. The minimum absolute atomic E-state index is 0.320. The van der Waals surface area contributed by atoms with Crippen molar-refractivity contribution in [2.24, 2.45) is 0 Å². The molecule has 1 N–H and O–H groups in total. The van der Waals surface area contributed by atoms with E-state index in [1.54, 1.807) is 0 Å². The highest BCUT2D eigenvalue weighted by molar-refractivity contribution is 6.36. The van der Waals surface area contributed by atoms with Gasteiger partial charge in [-0.25, -0.2) is 0 Å².